The van der Waals surface area contributed by atoms with Crippen LogP contribution in [0.2, 0.25) is 0 Å². The number of aryl methyl sites for hydroxylation is 1. The van der Waals surface area contributed by atoms with Gasteiger partial charge in [-0.1, -0.05) is 37.0 Å². The molecule has 2 atom stereocenters. The number of methoxy groups -OCH3 is 1. The predicted molar refractivity (Wildman–Crippen MR) is 164 cm³/mol. The highest BCUT2D eigenvalue weighted by Crippen LogP contribution is 2.58. The van der Waals surface area contributed by atoms with Gasteiger partial charge in [-0.15, -0.1) is 11.3 Å². The number of aliphatic hydroxyl groups excluding tert-OH is 1. The van der Waals surface area contributed by atoms with Crippen LogP contribution in [-0.2, 0) is 10.2 Å². The number of carbonyl (C=O) groups is 1. The number of aromatic nitrogens is 1. The number of benzene rings is 2. The van der Waals surface area contributed by atoms with Crippen molar-refractivity contribution in [3.8, 4) is 17.6 Å². The van der Waals surface area contributed by atoms with Crippen LogP contribution in [0.3, 0.4) is 0 Å². The first kappa shape index (κ1) is 28.0. The summed E-state index contributed by atoms with van der Waals surface area (Å²) in [6, 6.07) is 14.8. The molecule has 2 bridgehead atoms. The molecular weight excluding hydrogens is 528 g/mol. The molecule has 0 radical (unpaired) electrons. The number of hydrogen-bond acceptors (Lipinski definition) is 5. The average molecular weight is 569 g/mol. The van der Waals surface area contributed by atoms with E-state index in [4.69, 9.17) is 4.74 Å². The minimum atomic E-state index is -0.562. The number of amides is 1. The van der Waals surface area contributed by atoms with Crippen LogP contribution in [0, 0.1) is 30.1 Å². The Balaban J connectivity index is 1.26. The van der Waals surface area contributed by atoms with E-state index in [1.165, 1.54) is 22.5 Å². The number of rotatable bonds is 6. The highest BCUT2D eigenvalue weighted by molar-refractivity contribution is 7.10. The fraction of sp³-hybridized carbons (Fsp3) is 0.486. The highest BCUT2D eigenvalue weighted by Gasteiger charge is 2.50. The van der Waals surface area contributed by atoms with E-state index in [2.05, 4.69) is 41.9 Å². The van der Waals surface area contributed by atoms with Crippen molar-refractivity contribution in [1.82, 2.24) is 4.98 Å². The van der Waals surface area contributed by atoms with Crippen LogP contribution < -0.4 is 9.64 Å². The Morgan fingerprint density at radius 2 is 1.85 bits per heavy atom. The molecule has 1 aromatic heterocycles. The Bertz CT molecular complexity index is 1430. The lowest BCUT2D eigenvalue weighted by molar-refractivity contribution is -0.128. The van der Waals surface area contributed by atoms with Crippen LogP contribution in [-0.4, -0.2) is 35.8 Å². The Kier molecular flexibility index (Phi) is 7.94. The van der Waals surface area contributed by atoms with Crippen molar-refractivity contribution in [2.75, 3.05) is 18.6 Å². The zero-order valence-corrected chi connectivity index (χ0v) is 25.0. The molecule has 4 aliphatic rings. The number of aliphatic hydroxyl groups is 1. The maximum Gasteiger partial charge on any atom is 0.232 e. The first-order chi connectivity index (χ1) is 19.9. The summed E-state index contributed by atoms with van der Waals surface area (Å²) in [5, 5.41) is 13.6. The topological polar surface area (TPSA) is 62.7 Å². The molecule has 2 aromatic carbocycles. The van der Waals surface area contributed by atoms with Crippen molar-refractivity contribution in [3.05, 3.63) is 75.7 Å². The Labute approximate surface area is 248 Å². The number of carbonyl (C=O) groups excluding carboxylic acids is 1. The molecule has 1 N–H and O–H groups in total. The standard InChI is InChI=1S/C35H40N2O3S/c1-25-22-27(11-12-31(25)40-2)35-17-14-34(15-18-35,16-19-35)24-37(33(39)29-8-3-4-9-30(29)38)28-7-5-6-26(23-28)10-13-32-36-20-21-41-32/h5-7,11-12,20-23,29-30,38H,3-4,8-9,14-19,24H2,1-2H3. The first-order valence-electron chi connectivity index (χ1n) is 15.1. The van der Waals surface area contributed by atoms with Crippen molar-refractivity contribution < 1.29 is 14.6 Å². The molecule has 4 fully saturated rings. The van der Waals surface area contributed by atoms with E-state index in [0.717, 1.165) is 79.8 Å². The number of thiazole rings is 1. The molecule has 2 unspecified atom stereocenters. The van der Waals surface area contributed by atoms with Crippen molar-refractivity contribution >= 4 is 22.9 Å². The summed E-state index contributed by atoms with van der Waals surface area (Å²) in [7, 11) is 1.73. The van der Waals surface area contributed by atoms with E-state index < -0.39 is 6.10 Å². The van der Waals surface area contributed by atoms with Crippen LogP contribution >= 0.6 is 11.3 Å². The number of anilines is 1. The molecule has 1 heterocycles. The Hall–Kier alpha value is -3.14. The molecular formula is C35H40N2O3S. The molecule has 41 heavy (non-hydrogen) atoms. The minimum absolute atomic E-state index is 0.0739. The number of nitrogens with zero attached hydrogens (tertiary/aromatic N) is 2. The number of ether oxygens (including phenoxy) is 1. The highest BCUT2D eigenvalue weighted by atomic mass is 32.1. The number of fused-ring (bicyclic) bond motifs is 3. The third-order valence-corrected chi connectivity index (χ3v) is 10.8. The smallest absolute Gasteiger partial charge is 0.232 e. The minimum Gasteiger partial charge on any atom is -0.496 e. The molecule has 0 aliphatic heterocycles. The van der Waals surface area contributed by atoms with Crippen molar-refractivity contribution in [2.45, 2.75) is 82.7 Å². The molecule has 3 aromatic rings. The van der Waals surface area contributed by atoms with Crippen LogP contribution in [0.4, 0.5) is 5.69 Å². The van der Waals surface area contributed by atoms with Gasteiger partial charge in [-0.3, -0.25) is 4.79 Å². The fourth-order valence-electron chi connectivity index (χ4n) is 7.54. The maximum absolute atomic E-state index is 14.2. The summed E-state index contributed by atoms with van der Waals surface area (Å²) >= 11 is 1.52. The van der Waals surface area contributed by atoms with E-state index in [9.17, 15) is 9.90 Å². The van der Waals surface area contributed by atoms with E-state index in [-0.39, 0.29) is 22.7 Å². The van der Waals surface area contributed by atoms with Gasteiger partial charge in [0.1, 0.15) is 5.75 Å². The van der Waals surface area contributed by atoms with Gasteiger partial charge >= 0.3 is 0 Å². The SMILES string of the molecule is COc1ccc(C23CCC(CN(C(=O)C4CCCCC4O)c4cccc(C#Cc5nccs5)c4)(CC2)CC3)cc1C. The van der Waals surface area contributed by atoms with Gasteiger partial charge in [0.05, 0.1) is 19.1 Å². The number of hydrogen-bond donors (Lipinski definition) is 1. The van der Waals surface area contributed by atoms with E-state index in [0.29, 0.717) is 13.0 Å². The molecule has 5 nitrogen and oxygen atoms in total. The molecule has 7 rings (SSSR count). The van der Waals surface area contributed by atoms with Gasteiger partial charge in [0.2, 0.25) is 5.91 Å². The first-order valence-corrected chi connectivity index (χ1v) is 15.9. The lowest BCUT2D eigenvalue weighted by Gasteiger charge is -2.55. The third kappa shape index (κ3) is 5.67. The van der Waals surface area contributed by atoms with Gasteiger partial charge in [0, 0.05) is 29.4 Å². The quantitative estimate of drug-likeness (QED) is 0.324. The zero-order chi connectivity index (χ0) is 28.5. The van der Waals surface area contributed by atoms with E-state index in [1.54, 1.807) is 13.3 Å². The molecule has 1 amide bonds. The summed E-state index contributed by atoms with van der Waals surface area (Å²) in [5.41, 5.74) is 4.72. The monoisotopic (exact) mass is 568 g/mol. The average Bonchev–Trinajstić information content (AvgIpc) is 3.54. The molecule has 214 valence electrons. The van der Waals surface area contributed by atoms with Crippen LogP contribution in [0.5, 0.6) is 5.75 Å². The van der Waals surface area contributed by atoms with Crippen molar-refractivity contribution in [2.24, 2.45) is 11.3 Å². The molecule has 0 spiro atoms. The van der Waals surface area contributed by atoms with Gasteiger partial charge in [0.15, 0.2) is 5.01 Å². The molecule has 4 aliphatic carbocycles. The summed E-state index contributed by atoms with van der Waals surface area (Å²) in [4.78, 5) is 20.5. The van der Waals surface area contributed by atoms with Crippen molar-refractivity contribution in [1.29, 1.82) is 0 Å². The van der Waals surface area contributed by atoms with Crippen LogP contribution in [0.15, 0.2) is 54.0 Å². The second kappa shape index (κ2) is 11.6. The Morgan fingerprint density at radius 1 is 1.07 bits per heavy atom. The summed E-state index contributed by atoms with van der Waals surface area (Å²) in [6.07, 6.45) is 11.4. The second-order valence-corrected chi connectivity index (χ2v) is 13.4. The van der Waals surface area contributed by atoms with Gasteiger partial charge in [-0.25, -0.2) is 4.98 Å². The maximum atomic E-state index is 14.2. The van der Waals surface area contributed by atoms with Gasteiger partial charge in [0.25, 0.3) is 0 Å². The second-order valence-electron chi connectivity index (χ2n) is 12.5. The Morgan fingerprint density at radius 3 is 2.54 bits per heavy atom. The van der Waals surface area contributed by atoms with Gasteiger partial charge < -0.3 is 14.7 Å². The predicted octanol–water partition coefficient (Wildman–Crippen LogP) is 7.04. The van der Waals surface area contributed by atoms with E-state index in [1.807, 2.05) is 34.5 Å². The van der Waals surface area contributed by atoms with E-state index >= 15 is 0 Å². The normalized spacial score (nSPS) is 27.1. The largest absolute Gasteiger partial charge is 0.496 e. The zero-order valence-electron chi connectivity index (χ0n) is 24.2. The molecule has 4 saturated carbocycles. The lowest BCUT2D eigenvalue weighted by Crippen LogP contribution is -2.52. The molecule has 6 heteroatoms. The van der Waals surface area contributed by atoms with Crippen molar-refractivity contribution in [3.63, 3.8) is 0 Å². The summed E-state index contributed by atoms with van der Waals surface area (Å²) in [6.45, 7) is 2.84. The van der Waals surface area contributed by atoms with Gasteiger partial charge in [-0.2, -0.15) is 0 Å². The third-order valence-electron chi connectivity index (χ3n) is 10.1. The van der Waals surface area contributed by atoms with Crippen LogP contribution in [0.1, 0.15) is 85.9 Å². The van der Waals surface area contributed by atoms with Crippen LogP contribution in [0.25, 0.3) is 0 Å². The fourth-order valence-corrected chi connectivity index (χ4v) is 8.02. The van der Waals surface area contributed by atoms with Gasteiger partial charge in [-0.05, 0) is 110 Å². The summed E-state index contributed by atoms with van der Waals surface area (Å²) in [5.74, 6) is 7.08. The lowest BCUT2D eigenvalue weighted by atomic mass is 9.51. The summed E-state index contributed by atoms with van der Waals surface area (Å²) < 4.78 is 5.52. The molecule has 0 saturated heterocycles.